The highest BCUT2D eigenvalue weighted by Crippen LogP contribution is 2.17. The average molecular weight is 499 g/mol. The third-order valence-electron chi connectivity index (χ3n) is 5.09. The summed E-state index contributed by atoms with van der Waals surface area (Å²) in [5, 5.41) is 11.6. The maximum atomic E-state index is 5.42. The van der Waals surface area contributed by atoms with Crippen molar-refractivity contribution in [3.8, 4) is 0 Å². The molecule has 2 heterocycles. The highest BCUT2D eigenvalue weighted by molar-refractivity contribution is 14.0. The van der Waals surface area contributed by atoms with E-state index in [0.29, 0.717) is 6.04 Å². The number of aryl methyl sites for hydroxylation is 3. The molecule has 0 unspecified atom stereocenters. The molecule has 2 aromatic heterocycles. The zero-order chi connectivity index (χ0) is 18.9. The van der Waals surface area contributed by atoms with Crippen LogP contribution in [0.25, 0.3) is 0 Å². The average Bonchev–Trinajstić information content (AvgIpc) is 3.28. The van der Waals surface area contributed by atoms with Crippen molar-refractivity contribution in [1.82, 2.24) is 20.4 Å². The van der Waals surface area contributed by atoms with E-state index >= 15 is 0 Å². The number of aliphatic imine (C=N–C) groups is 1. The van der Waals surface area contributed by atoms with Crippen LogP contribution in [0, 0.1) is 13.8 Å². The molecule has 1 aliphatic rings. The topological polar surface area (TPSA) is 67.4 Å². The maximum absolute atomic E-state index is 5.42. The van der Waals surface area contributed by atoms with E-state index in [0.717, 1.165) is 49.9 Å². The van der Waals surface area contributed by atoms with Gasteiger partial charge in [-0.15, -0.1) is 24.0 Å². The van der Waals surface area contributed by atoms with Crippen LogP contribution in [-0.2, 0) is 13.0 Å². The summed E-state index contributed by atoms with van der Waals surface area (Å²) >= 11 is 0. The predicted octanol–water partition coefficient (Wildman–Crippen LogP) is 4.21. The molecule has 156 valence electrons. The van der Waals surface area contributed by atoms with Gasteiger partial charge < -0.3 is 15.1 Å². The molecule has 7 heteroatoms. The first kappa shape index (κ1) is 22.8. The molecule has 0 aliphatic heterocycles. The van der Waals surface area contributed by atoms with Crippen molar-refractivity contribution in [2.75, 3.05) is 13.1 Å². The van der Waals surface area contributed by atoms with Gasteiger partial charge in [0.25, 0.3) is 0 Å². The lowest BCUT2D eigenvalue weighted by Gasteiger charge is -2.25. The van der Waals surface area contributed by atoms with Crippen molar-refractivity contribution >= 4 is 29.9 Å². The van der Waals surface area contributed by atoms with Gasteiger partial charge in [0.1, 0.15) is 5.76 Å². The second-order valence-electron chi connectivity index (χ2n) is 7.47. The van der Waals surface area contributed by atoms with Crippen LogP contribution in [0.2, 0.25) is 0 Å². The van der Waals surface area contributed by atoms with Gasteiger partial charge in [0.15, 0.2) is 5.96 Å². The van der Waals surface area contributed by atoms with Gasteiger partial charge in [-0.25, -0.2) is 0 Å². The highest BCUT2D eigenvalue weighted by atomic mass is 127. The van der Waals surface area contributed by atoms with Crippen LogP contribution in [0.1, 0.15) is 55.7 Å². The Labute approximate surface area is 185 Å². The molecule has 1 fully saturated rings. The van der Waals surface area contributed by atoms with Crippen molar-refractivity contribution in [1.29, 1.82) is 0 Å². The molecule has 2 N–H and O–H groups in total. The fourth-order valence-electron chi connectivity index (χ4n) is 3.66. The second kappa shape index (κ2) is 12.1. The second-order valence-corrected chi connectivity index (χ2v) is 7.47. The third-order valence-corrected chi connectivity index (χ3v) is 5.09. The van der Waals surface area contributed by atoms with E-state index < -0.39 is 0 Å². The fourth-order valence-corrected chi connectivity index (χ4v) is 3.66. The van der Waals surface area contributed by atoms with Gasteiger partial charge in [0.05, 0.1) is 12.0 Å². The Balaban J connectivity index is 0.00000280. The minimum atomic E-state index is 0. The monoisotopic (exact) mass is 499 g/mol. The standard InChI is InChI=1S/C21H33N5O.HI/c1-17-16-18(2)26(25-17)14-7-12-22-21(24-19-8-4-3-5-9-19)23-13-11-20-10-6-15-27-20;/h6,10,15-16,19H,3-5,7-9,11-14H2,1-2H3,(H2,22,23,24);1H. The van der Waals surface area contributed by atoms with E-state index in [1.54, 1.807) is 6.26 Å². The minimum Gasteiger partial charge on any atom is -0.469 e. The van der Waals surface area contributed by atoms with Crippen LogP contribution in [0.3, 0.4) is 0 Å². The highest BCUT2D eigenvalue weighted by Gasteiger charge is 2.14. The largest absolute Gasteiger partial charge is 0.469 e. The molecule has 1 saturated carbocycles. The zero-order valence-corrected chi connectivity index (χ0v) is 19.4. The molecule has 1 aliphatic carbocycles. The maximum Gasteiger partial charge on any atom is 0.191 e. The van der Waals surface area contributed by atoms with Crippen LogP contribution in [-0.4, -0.2) is 34.9 Å². The molecular weight excluding hydrogens is 465 g/mol. The molecule has 28 heavy (non-hydrogen) atoms. The van der Waals surface area contributed by atoms with Crippen molar-refractivity contribution < 1.29 is 4.42 Å². The van der Waals surface area contributed by atoms with Gasteiger partial charge >= 0.3 is 0 Å². The SMILES string of the molecule is Cc1cc(C)n(CCCN=C(NCCc2ccco2)NC2CCCCC2)n1.I. The quantitative estimate of drug-likeness (QED) is 0.247. The van der Waals surface area contributed by atoms with Crippen LogP contribution >= 0.6 is 24.0 Å². The van der Waals surface area contributed by atoms with Crippen molar-refractivity contribution in [3.05, 3.63) is 41.6 Å². The molecule has 0 radical (unpaired) electrons. The molecule has 3 rings (SSSR count). The number of halogens is 1. The van der Waals surface area contributed by atoms with Crippen LogP contribution in [0.15, 0.2) is 33.9 Å². The van der Waals surface area contributed by atoms with Gasteiger partial charge in [-0.1, -0.05) is 19.3 Å². The molecule has 2 aromatic rings. The molecule has 0 amide bonds. The normalized spacial score (nSPS) is 15.3. The molecule has 0 spiro atoms. The van der Waals surface area contributed by atoms with E-state index in [9.17, 15) is 0 Å². The van der Waals surface area contributed by atoms with E-state index in [2.05, 4.69) is 33.4 Å². The Hall–Kier alpha value is -1.51. The molecule has 0 bridgehead atoms. The van der Waals surface area contributed by atoms with Crippen LogP contribution in [0.5, 0.6) is 0 Å². The Morgan fingerprint density at radius 1 is 1.29 bits per heavy atom. The van der Waals surface area contributed by atoms with Crippen molar-refractivity contribution in [3.63, 3.8) is 0 Å². The van der Waals surface area contributed by atoms with Crippen molar-refractivity contribution in [2.24, 2.45) is 4.99 Å². The van der Waals surface area contributed by atoms with E-state index in [4.69, 9.17) is 9.41 Å². The van der Waals surface area contributed by atoms with E-state index in [1.807, 2.05) is 19.1 Å². The summed E-state index contributed by atoms with van der Waals surface area (Å²) in [5.74, 6) is 1.94. The summed E-state index contributed by atoms with van der Waals surface area (Å²) in [4.78, 5) is 4.81. The first-order valence-electron chi connectivity index (χ1n) is 10.3. The summed E-state index contributed by atoms with van der Waals surface area (Å²) in [7, 11) is 0. The van der Waals surface area contributed by atoms with E-state index in [-0.39, 0.29) is 24.0 Å². The molecular formula is C21H34IN5O. The predicted molar refractivity (Wildman–Crippen MR) is 124 cm³/mol. The van der Waals surface area contributed by atoms with Crippen LogP contribution in [0.4, 0.5) is 0 Å². The number of furan rings is 1. The van der Waals surface area contributed by atoms with Gasteiger partial charge in [-0.05, 0) is 51.3 Å². The Morgan fingerprint density at radius 3 is 2.79 bits per heavy atom. The summed E-state index contributed by atoms with van der Waals surface area (Å²) in [5.41, 5.74) is 2.30. The lowest BCUT2D eigenvalue weighted by molar-refractivity contribution is 0.409. The smallest absolute Gasteiger partial charge is 0.191 e. The van der Waals surface area contributed by atoms with Gasteiger partial charge in [-0.3, -0.25) is 9.67 Å². The fraction of sp³-hybridized carbons (Fsp3) is 0.619. The number of hydrogen-bond donors (Lipinski definition) is 2. The zero-order valence-electron chi connectivity index (χ0n) is 17.1. The Morgan fingerprint density at radius 2 is 2.11 bits per heavy atom. The number of nitrogens with zero attached hydrogens (tertiary/aromatic N) is 3. The number of hydrogen-bond acceptors (Lipinski definition) is 3. The number of aromatic nitrogens is 2. The first-order valence-corrected chi connectivity index (χ1v) is 10.3. The summed E-state index contributed by atoms with van der Waals surface area (Å²) in [6.07, 6.45) is 10.0. The number of guanidine groups is 1. The summed E-state index contributed by atoms with van der Waals surface area (Å²) < 4.78 is 7.49. The third kappa shape index (κ3) is 7.48. The van der Waals surface area contributed by atoms with Gasteiger partial charge in [-0.2, -0.15) is 5.10 Å². The van der Waals surface area contributed by atoms with Gasteiger partial charge in [0.2, 0.25) is 0 Å². The molecule has 0 aromatic carbocycles. The lowest BCUT2D eigenvalue weighted by Crippen LogP contribution is -2.45. The van der Waals surface area contributed by atoms with Crippen LogP contribution < -0.4 is 10.6 Å². The lowest BCUT2D eigenvalue weighted by atomic mass is 9.96. The first-order chi connectivity index (χ1) is 13.2. The molecule has 0 saturated heterocycles. The summed E-state index contributed by atoms with van der Waals surface area (Å²) in [6.45, 7) is 6.67. The Kier molecular flexibility index (Phi) is 9.87. The minimum absolute atomic E-state index is 0. The molecule has 6 nitrogen and oxygen atoms in total. The van der Waals surface area contributed by atoms with Crippen molar-refractivity contribution in [2.45, 2.75) is 71.4 Å². The number of rotatable bonds is 8. The molecule has 0 atom stereocenters. The number of nitrogens with one attached hydrogen (secondary N) is 2. The van der Waals surface area contributed by atoms with Gasteiger partial charge in [0, 0.05) is 37.8 Å². The van der Waals surface area contributed by atoms with E-state index in [1.165, 1.54) is 37.8 Å². The Bertz CT molecular complexity index is 704. The summed E-state index contributed by atoms with van der Waals surface area (Å²) in [6, 6.07) is 6.62.